The second-order valence-corrected chi connectivity index (χ2v) is 10.6. The maximum atomic E-state index is 14.1. The number of hydrogen-bond donors (Lipinski definition) is 1. The van der Waals surface area contributed by atoms with Crippen LogP contribution in [0.5, 0.6) is 0 Å². The van der Waals surface area contributed by atoms with Gasteiger partial charge in [0.2, 0.25) is 11.8 Å². The van der Waals surface area contributed by atoms with Crippen LogP contribution in [0.2, 0.25) is 0 Å². The molecule has 0 aliphatic carbocycles. The molecule has 0 aromatic carbocycles. The molecular formula is C27H40N2O6. The molecule has 2 fully saturated rings. The Morgan fingerprint density at radius 3 is 2.66 bits per heavy atom. The van der Waals surface area contributed by atoms with Crippen molar-refractivity contribution in [2.75, 3.05) is 26.3 Å². The standard InChI is InChI=1S/C27H40N2O6/c1-4-12-19(2)28-16-11-14-27-20(23(31)29(15-8-9-17-30)22(27)24(28)32)21-25(33)34-18-10-6-5-7-13-26(21,3)35-27/h7,11,13-14,19-22,30H,4-6,8-10,12,15-18H2,1-3H3/b13-7-/t19?,20-,21-,22?,26+,27-/m0/s1. The predicted molar refractivity (Wildman–Crippen MR) is 130 cm³/mol. The number of fused-ring (bicyclic) bond motifs is 2. The number of ether oxygens (including phenoxy) is 2. The average molecular weight is 489 g/mol. The van der Waals surface area contributed by atoms with Crippen molar-refractivity contribution in [1.29, 1.82) is 0 Å². The molecule has 4 aliphatic heterocycles. The molecule has 194 valence electrons. The molecule has 35 heavy (non-hydrogen) atoms. The Morgan fingerprint density at radius 2 is 1.91 bits per heavy atom. The number of unbranched alkanes of at least 4 members (excludes halogenated alkanes) is 1. The largest absolute Gasteiger partial charge is 0.465 e. The van der Waals surface area contributed by atoms with Gasteiger partial charge < -0.3 is 24.4 Å². The van der Waals surface area contributed by atoms with Gasteiger partial charge in [0.25, 0.3) is 0 Å². The van der Waals surface area contributed by atoms with Gasteiger partial charge in [0, 0.05) is 25.7 Å². The van der Waals surface area contributed by atoms with Crippen LogP contribution in [0.1, 0.15) is 65.7 Å². The summed E-state index contributed by atoms with van der Waals surface area (Å²) in [7, 11) is 0. The highest BCUT2D eigenvalue weighted by atomic mass is 16.6. The summed E-state index contributed by atoms with van der Waals surface area (Å²) in [5, 5.41) is 9.32. The normalized spacial score (nSPS) is 36.8. The molecule has 4 heterocycles. The lowest BCUT2D eigenvalue weighted by molar-refractivity contribution is -0.160. The molecule has 4 rings (SSSR count). The van der Waals surface area contributed by atoms with E-state index >= 15 is 0 Å². The summed E-state index contributed by atoms with van der Waals surface area (Å²) in [6.07, 6.45) is 13.1. The number of aliphatic hydroxyl groups excluding tert-OH is 1. The average Bonchev–Trinajstić information content (AvgIpc) is 3.14. The minimum absolute atomic E-state index is 0.0169. The first kappa shape index (κ1) is 25.9. The summed E-state index contributed by atoms with van der Waals surface area (Å²) in [6.45, 7) is 7.06. The highest BCUT2D eigenvalue weighted by Crippen LogP contribution is 2.57. The summed E-state index contributed by atoms with van der Waals surface area (Å²) in [5.41, 5.74) is -2.30. The SMILES string of the molecule is CCCC(C)N1CC=C[C@]23O[C@]4(C)/C=C\CCCCOC(=O)[C@@H]4[C@H]2C(=O)N(CCCCO)C3C1=O. The van der Waals surface area contributed by atoms with E-state index in [0.29, 0.717) is 32.5 Å². The van der Waals surface area contributed by atoms with E-state index in [-0.39, 0.29) is 24.5 Å². The summed E-state index contributed by atoms with van der Waals surface area (Å²) < 4.78 is 12.4. The van der Waals surface area contributed by atoms with Crippen LogP contribution in [-0.2, 0) is 23.9 Å². The number of hydrogen-bond acceptors (Lipinski definition) is 6. The Labute approximate surface area is 208 Å². The lowest BCUT2D eigenvalue weighted by Gasteiger charge is -2.38. The van der Waals surface area contributed by atoms with Gasteiger partial charge >= 0.3 is 5.97 Å². The number of esters is 1. The fraction of sp³-hybridized carbons (Fsp3) is 0.741. The molecule has 0 aromatic heterocycles. The first-order chi connectivity index (χ1) is 16.8. The molecule has 8 nitrogen and oxygen atoms in total. The van der Waals surface area contributed by atoms with Gasteiger partial charge in [-0.3, -0.25) is 14.4 Å². The Balaban J connectivity index is 1.81. The minimum Gasteiger partial charge on any atom is -0.465 e. The second-order valence-electron chi connectivity index (χ2n) is 10.6. The van der Waals surface area contributed by atoms with Crippen LogP contribution in [0.3, 0.4) is 0 Å². The van der Waals surface area contributed by atoms with Crippen LogP contribution in [0, 0.1) is 11.8 Å². The zero-order chi connectivity index (χ0) is 25.2. The van der Waals surface area contributed by atoms with Gasteiger partial charge in [0.15, 0.2) is 0 Å². The number of rotatable bonds is 7. The van der Waals surface area contributed by atoms with Crippen LogP contribution < -0.4 is 0 Å². The molecule has 2 amide bonds. The third-order valence-electron chi connectivity index (χ3n) is 8.08. The van der Waals surface area contributed by atoms with Crippen molar-refractivity contribution >= 4 is 17.8 Å². The van der Waals surface area contributed by atoms with Crippen LogP contribution in [0.15, 0.2) is 24.3 Å². The Morgan fingerprint density at radius 1 is 1.11 bits per heavy atom. The number of cyclic esters (lactones) is 1. The van der Waals surface area contributed by atoms with Gasteiger partial charge in [-0.25, -0.2) is 0 Å². The minimum atomic E-state index is -1.25. The lowest BCUT2D eigenvalue weighted by atomic mass is 9.74. The summed E-state index contributed by atoms with van der Waals surface area (Å²) in [6, 6.07) is -0.837. The molecule has 0 aromatic rings. The van der Waals surface area contributed by atoms with E-state index in [1.54, 1.807) is 4.90 Å². The Hall–Kier alpha value is -2.19. The summed E-state index contributed by atoms with van der Waals surface area (Å²) in [5.74, 6) is -2.50. The third kappa shape index (κ3) is 4.44. The Kier molecular flexibility index (Phi) is 7.71. The number of carbonyl (C=O) groups excluding carboxylic acids is 3. The van der Waals surface area contributed by atoms with Crippen LogP contribution >= 0.6 is 0 Å². The van der Waals surface area contributed by atoms with Gasteiger partial charge in [0.05, 0.1) is 18.1 Å². The van der Waals surface area contributed by atoms with E-state index in [2.05, 4.69) is 6.92 Å². The predicted octanol–water partition coefficient (Wildman–Crippen LogP) is 2.60. The number of aliphatic hydroxyl groups is 1. The van der Waals surface area contributed by atoms with E-state index in [0.717, 1.165) is 32.1 Å². The third-order valence-corrected chi connectivity index (χ3v) is 8.08. The van der Waals surface area contributed by atoms with Gasteiger partial charge in [-0.1, -0.05) is 37.6 Å². The van der Waals surface area contributed by atoms with Crippen molar-refractivity contribution in [3.63, 3.8) is 0 Å². The van der Waals surface area contributed by atoms with Gasteiger partial charge in [-0.2, -0.15) is 0 Å². The smallest absolute Gasteiger partial charge is 0.313 e. The maximum Gasteiger partial charge on any atom is 0.313 e. The lowest BCUT2D eigenvalue weighted by Crippen LogP contribution is -2.57. The van der Waals surface area contributed by atoms with Crippen molar-refractivity contribution in [2.24, 2.45) is 11.8 Å². The fourth-order valence-electron chi connectivity index (χ4n) is 6.42. The molecule has 8 heteroatoms. The molecule has 6 atom stereocenters. The van der Waals surface area contributed by atoms with Crippen LogP contribution in [0.4, 0.5) is 0 Å². The molecule has 0 radical (unpaired) electrons. The van der Waals surface area contributed by atoms with Crippen LogP contribution in [-0.4, -0.2) is 82.3 Å². The van der Waals surface area contributed by atoms with Gasteiger partial charge in [-0.05, 0) is 52.4 Å². The van der Waals surface area contributed by atoms with Crippen molar-refractivity contribution in [3.05, 3.63) is 24.3 Å². The van der Waals surface area contributed by atoms with Gasteiger partial charge in [-0.15, -0.1) is 0 Å². The molecule has 0 saturated carbocycles. The zero-order valence-corrected chi connectivity index (χ0v) is 21.3. The van der Waals surface area contributed by atoms with E-state index in [4.69, 9.17) is 9.47 Å². The van der Waals surface area contributed by atoms with Crippen molar-refractivity contribution < 1.29 is 29.0 Å². The Bertz CT molecular complexity index is 887. The molecule has 2 unspecified atom stereocenters. The quantitative estimate of drug-likeness (QED) is 0.336. The topological polar surface area (TPSA) is 96.4 Å². The molecule has 1 N–H and O–H groups in total. The second kappa shape index (κ2) is 10.4. The first-order valence-electron chi connectivity index (χ1n) is 13.2. The van der Waals surface area contributed by atoms with E-state index in [9.17, 15) is 19.5 Å². The highest BCUT2D eigenvalue weighted by molar-refractivity contribution is 5.99. The van der Waals surface area contributed by atoms with Crippen molar-refractivity contribution in [3.8, 4) is 0 Å². The monoisotopic (exact) mass is 488 g/mol. The van der Waals surface area contributed by atoms with Crippen molar-refractivity contribution in [2.45, 2.75) is 89.0 Å². The molecule has 4 aliphatic rings. The highest BCUT2D eigenvalue weighted by Gasteiger charge is 2.74. The van der Waals surface area contributed by atoms with Gasteiger partial charge in [0.1, 0.15) is 17.6 Å². The fourth-order valence-corrected chi connectivity index (χ4v) is 6.42. The molecule has 1 spiro atoms. The molecule has 2 saturated heterocycles. The number of carbonyl (C=O) groups is 3. The summed E-state index contributed by atoms with van der Waals surface area (Å²) >= 11 is 0. The maximum absolute atomic E-state index is 14.1. The number of nitrogens with zero attached hydrogens (tertiary/aromatic N) is 2. The zero-order valence-electron chi connectivity index (χ0n) is 21.3. The number of amides is 2. The number of allylic oxidation sites excluding steroid dienone is 1. The molecule has 0 bridgehead atoms. The molecular weight excluding hydrogens is 448 g/mol. The van der Waals surface area contributed by atoms with E-state index in [1.807, 2.05) is 43.1 Å². The summed E-state index contributed by atoms with van der Waals surface area (Å²) in [4.78, 5) is 45.0. The number of likely N-dealkylation sites (tertiary alicyclic amines) is 1. The van der Waals surface area contributed by atoms with E-state index < -0.39 is 35.0 Å². The first-order valence-corrected chi connectivity index (χ1v) is 13.2. The van der Waals surface area contributed by atoms with E-state index in [1.165, 1.54) is 0 Å². The van der Waals surface area contributed by atoms with Crippen molar-refractivity contribution in [1.82, 2.24) is 9.80 Å². The van der Waals surface area contributed by atoms with Crippen LogP contribution in [0.25, 0.3) is 0 Å².